The van der Waals surface area contributed by atoms with Crippen LogP contribution in [0.1, 0.15) is 66.3 Å². The Morgan fingerprint density at radius 1 is 0.926 bits per heavy atom. The summed E-state index contributed by atoms with van der Waals surface area (Å²) in [6.45, 7) is 10.1. The van der Waals surface area contributed by atoms with Crippen LogP contribution < -0.4 is 25.2 Å². The summed E-state index contributed by atoms with van der Waals surface area (Å²) < 4.78 is 60.6. The summed E-state index contributed by atoms with van der Waals surface area (Å²) in [6.07, 6.45) is -3.62. The van der Waals surface area contributed by atoms with Crippen LogP contribution in [-0.4, -0.2) is 102 Å². The van der Waals surface area contributed by atoms with Crippen LogP contribution in [0.2, 0.25) is 5.02 Å². The van der Waals surface area contributed by atoms with Gasteiger partial charge in [0.05, 0.1) is 40.8 Å². The number of alkyl halides is 3. The standard InChI is InChI=1S/C47H48ClF3N10O7/c1-6-35-39(57-16-18-58(19-17-57)42(63)38-40(28(2)52-27-53-38)67-26-29-10-8-7-9-11-29)43(64)61-44(60(35)25-37(62)54-34-14-13-32(23-33(34)48)47(49,50)51)55-41(56-61)30-12-15-36-31(22-30)24-59(20-21-66-36)45(65)68-46(3,4)5/h7-15,22-23,27H,6,16-21,24-26H2,1-5H3,(H,54,62). The zero-order chi connectivity index (χ0) is 48.5. The van der Waals surface area contributed by atoms with E-state index >= 15 is 0 Å². The second kappa shape index (κ2) is 19.2. The number of amides is 3. The lowest BCUT2D eigenvalue weighted by Gasteiger charge is -2.36. The molecule has 17 nitrogen and oxygen atoms in total. The second-order valence-electron chi connectivity index (χ2n) is 17.2. The van der Waals surface area contributed by atoms with Gasteiger partial charge < -0.3 is 38.8 Å². The highest BCUT2D eigenvalue weighted by Crippen LogP contribution is 2.35. The first-order valence-corrected chi connectivity index (χ1v) is 22.2. The fourth-order valence-corrected chi connectivity index (χ4v) is 8.22. The summed E-state index contributed by atoms with van der Waals surface area (Å²) in [7, 11) is 0. The number of benzene rings is 3. The minimum atomic E-state index is -4.65. The molecular weight excluding hydrogens is 909 g/mol. The number of ether oxygens (including phenoxy) is 3. The van der Waals surface area contributed by atoms with Crippen molar-refractivity contribution in [3.8, 4) is 22.9 Å². The Kier molecular flexibility index (Phi) is 13.3. The number of hydrogen-bond acceptors (Lipinski definition) is 12. The molecule has 1 fully saturated rings. The molecule has 2 aliphatic rings. The van der Waals surface area contributed by atoms with E-state index in [1.165, 1.54) is 15.8 Å². The molecule has 68 heavy (non-hydrogen) atoms. The van der Waals surface area contributed by atoms with Gasteiger partial charge in [0, 0.05) is 37.3 Å². The SMILES string of the molecule is CCc1c(N2CCN(C(=O)c3ncnc(C)c3OCc3ccccc3)CC2)c(=O)n2nc(-c3ccc4c(c3)CN(C(=O)OC(C)(C)C)CCO4)nc2n1CC(=O)Nc1ccc(C(F)(F)F)cc1Cl. The molecule has 8 rings (SSSR count). The molecule has 3 aromatic heterocycles. The van der Waals surface area contributed by atoms with Crippen molar-refractivity contribution in [1.29, 1.82) is 0 Å². The molecular formula is C47H48ClF3N10O7. The molecule has 1 saturated heterocycles. The van der Waals surface area contributed by atoms with Crippen molar-refractivity contribution in [3.63, 3.8) is 0 Å². The zero-order valence-electron chi connectivity index (χ0n) is 37.9. The van der Waals surface area contributed by atoms with Crippen LogP contribution >= 0.6 is 11.6 Å². The highest BCUT2D eigenvalue weighted by Gasteiger charge is 2.33. The number of nitrogens with zero attached hydrogens (tertiary/aromatic N) is 9. The van der Waals surface area contributed by atoms with E-state index in [4.69, 9.17) is 30.8 Å². The Balaban J connectivity index is 1.12. The van der Waals surface area contributed by atoms with Gasteiger partial charge in [-0.15, -0.1) is 5.10 Å². The Morgan fingerprint density at radius 3 is 2.37 bits per heavy atom. The molecule has 356 valence electrons. The van der Waals surface area contributed by atoms with Crippen LogP contribution in [0.5, 0.6) is 11.5 Å². The first-order valence-electron chi connectivity index (χ1n) is 21.8. The number of hydrogen-bond donors (Lipinski definition) is 1. The lowest BCUT2D eigenvalue weighted by Crippen LogP contribution is -2.51. The number of aryl methyl sites for hydroxylation is 1. The van der Waals surface area contributed by atoms with Crippen LogP contribution in [-0.2, 0) is 41.8 Å². The summed E-state index contributed by atoms with van der Waals surface area (Å²) in [5.41, 5.74) is 0.976. The van der Waals surface area contributed by atoms with Crippen molar-refractivity contribution < 1.29 is 41.8 Å². The number of nitrogens with one attached hydrogen (secondary N) is 1. The van der Waals surface area contributed by atoms with Gasteiger partial charge in [0.2, 0.25) is 11.7 Å². The van der Waals surface area contributed by atoms with E-state index in [1.54, 1.807) is 50.8 Å². The minimum absolute atomic E-state index is 0.0109. The number of anilines is 2. The largest absolute Gasteiger partial charge is 0.491 e. The molecule has 0 spiro atoms. The lowest BCUT2D eigenvalue weighted by atomic mass is 10.1. The van der Waals surface area contributed by atoms with Crippen molar-refractivity contribution in [3.05, 3.63) is 122 Å². The second-order valence-corrected chi connectivity index (χ2v) is 17.6. The molecule has 5 heterocycles. The number of rotatable bonds is 10. The van der Waals surface area contributed by atoms with Crippen LogP contribution in [0.25, 0.3) is 17.2 Å². The molecule has 0 saturated carbocycles. The van der Waals surface area contributed by atoms with Gasteiger partial charge in [-0.1, -0.05) is 48.9 Å². The Morgan fingerprint density at radius 2 is 1.68 bits per heavy atom. The molecule has 0 radical (unpaired) electrons. The first-order chi connectivity index (χ1) is 32.4. The number of carbonyl (C=O) groups excluding carboxylic acids is 3. The maximum absolute atomic E-state index is 14.8. The number of carbonyl (C=O) groups is 3. The first kappa shape index (κ1) is 47.3. The molecule has 0 bridgehead atoms. The highest BCUT2D eigenvalue weighted by atomic mass is 35.5. The van der Waals surface area contributed by atoms with Crippen LogP contribution in [0.4, 0.5) is 29.3 Å². The van der Waals surface area contributed by atoms with Crippen molar-refractivity contribution in [1.82, 2.24) is 38.9 Å². The Labute approximate surface area is 393 Å². The molecule has 0 aliphatic carbocycles. The molecule has 1 N–H and O–H groups in total. The molecule has 0 unspecified atom stereocenters. The normalized spacial score (nSPS) is 14.3. The van der Waals surface area contributed by atoms with Gasteiger partial charge >= 0.3 is 12.3 Å². The zero-order valence-corrected chi connectivity index (χ0v) is 38.6. The smallest absolute Gasteiger partial charge is 0.416 e. The summed E-state index contributed by atoms with van der Waals surface area (Å²) in [5.74, 6) is -0.101. The predicted molar refractivity (Wildman–Crippen MR) is 245 cm³/mol. The average Bonchev–Trinajstić information content (AvgIpc) is 3.64. The fourth-order valence-electron chi connectivity index (χ4n) is 7.99. The maximum Gasteiger partial charge on any atom is 0.416 e. The van der Waals surface area contributed by atoms with E-state index < -0.39 is 41.4 Å². The summed E-state index contributed by atoms with van der Waals surface area (Å²) in [6, 6.07) is 17.3. The van der Waals surface area contributed by atoms with Crippen molar-refractivity contribution in [2.45, 2.75) is 72.5 Å². The number of halogens is 4. The van der Waals surface area contributed by atoms with Gasteiger partial charge in [0.1, 0.15) is 43.1 Å². The third-order valence-electron chi connectivity index (χ3n) is 11.3. The third-order valence-corrected chi connectivity index (χ3v) is 11.6. The topological polar surface area (TPSA) is 179 Å². The molecule has 3 amide bonds. The van der Waals surface area contributed by atoms with E-state index in [0.29, 0.717) is 28.3 Å². The van der Waals surface area contributed by atoms with Crippen LogP contribution in [0, 0.1) is 6.92 Å². The highest BCUT2D eigenvalue weighted by molar-refractivity contribution is 6.33. The van der Waals surface area contributed by atoms with Gasteiger partial charge in [-0.2, -0.15) is 22.7 Å². The van der Waals surface area contributed by atoms with E-state index in [1.807, 2.05) is 42.2 Å². The number of fused-ring (bicyclic) bond motifs is 2. The van der Waals surface area contributed by atoms with Gasteiger partial charge in [-0.05, 0) is 76.1 Å². The van der Waals surface area contributed by atoms with Gasteiger partial charge in [0.15, 0.2) is 17.3 Å². The van der Waals surface area contributed by atoms with Crippen LogP contribution in [0.3, 0.4) is 0 Å². The average molecular weight is 957 g/mol. The maximum atomic E-state index is 14.8. The van der Waals surface area contributed by atoms with Crippen molar-refractivity contribution >= 4 is 46.7 Å². The third kappa shape index (κ3) is 10.2. The van der Waals surface area contributed by atoms with Crippen LogP contribution in [0.15, 0.2) is 77.9 Å². The molecule has 0 atom stereocenters. The summed E-state index contributed by atoms with van der Waals surface area (Å²) >= 11 is 6.22. The Bertz CT molecular complexity index is 2950. The fraction of sp³-hybridized carbons (Fsp3) is 0.362. The minimum Gasteiger partial charge on any atom is -0.491 e. The van der Waals surface area contributed by atoms with Gasteiger partial charge in [-0.25, -0.2) is 14.8 Å². The number of piperazine rings is 1. The van der Waals surface area contributed by atoms with E-state index in [-0.39, 0.29) is 104 Å². The van der Waals surface area contributed by atoms with E-state index in [9.17, 15) is 32.3 Å². The lowest BCUT2D eigenvalue weighted by molar-refractivity contribution is -0.137. The van der Waals surface area contributed by atoms with Gasteiger partial charge in [-0.3, -0.25) is 14.4 Å². The quantitative estimate of drug-likeness (QED) is 0.146. The molecule has 3 aromatic carbocycles. The summed E-state index contributed by atoms with van der Waals surface area (Å²) in [5, 5.41) is 6.96. The Hall–Kier alpha value is -7.22. The predicted octanol–water partition coefficient (Wildman–Crippen LogP) is 7.20. The summed E-state index contributed by atoms with van der Waals surface area (Å²) in [4.78, 5) is 74.2. The van der Waals surface area contributed by atoms with Crippen molar-refractivity contribution in [2.24, 2.45) is 0 Å². The van der Waals surface area contributed by atoms with E-state index in [0.717, 1.165) is 28.3 Å². The number of aromatic nitrogens is 6. The molecule has 6 aromatic rings. The molecule has 2 aliphatic heterocycles. The molecule has 21 heteroatoms. The van der Waals surface area contributed by atoms with Crippen molar-refractivity contribution in [2.75, 3.05) is 49.5 Å². The van der Waals surface area contributed by atoms with E-state index in [2.05, 4.69) is 20.4 Å². The monoisotopic (exact) mass is 956 g/mol. The van der Waals surface area contributed by atoms with Gasteiger partial charge in [0.25, 0.3) is 11.5 Å².